The molecule has 2 nitrogen and oxygen atoms in total. The van der Waals surface area contributed by atoms with Crippen molar-refractivity contribution in [3.63, 3.8) is 0 Å². The molecule has 1 saturated carbocycles. The maximum absolute atomic E-state index is 7.04. The maximum atomic E-state index is 7.04. The lowest BCUT2D eigenvalue weighted by atomic mass is 10.3. The fourth-order valence-electron chi connectivity index (χ4n) is 0.736. The lowest BCUT2D eigenvalue weighted by Crippen LogP contribution is -1.86. The summed E-state index contributed by atoms with van der Waals surface area (Å²) in [7, 11) is 0. The first-order valence-corrected chi connectivity index (χ1v) is 2.41. The van der Waals surface area contributed by atoms with Crippen LogP contribution in [0.4, 0.5) is 0 Å². The highest BCUT2D eigenvalue weighted by molar-refractivity contribution is 6.07. The van der Waals surface area contributed by atoms with Gasteiger partial charge in [0.25, 0.3) is 0 Å². The smallest absolute Gasteiger partial charge is 0.0230 e. The molecular formula is C5H8N2. The van der Waals surface area contributed by atoms with Crippen molar-refractivity contribution in [2.75, 3.05) is 0 Å². The van der Waals surface area contributed by atoms with E-state index in [4.69, 9.17) is 10.8 Å². The Morgan fingerprint density at radius 2 is 1.43 bits per heavy atom. The van der Waals surface area contributed by atoms with Gasteiger partial charge in [-0.3, -0.25) is 0 Å². The van der Waals surface area contributed by atoms with E-state index in [2.05, 4.69) is 0 Å². The molecule has 0 amide bonds. The molecule has 1 fully saturated rings. The highest BCUT2D eigenvalue weighted by Gasteiger charge is 2.10. The molecule has 0 aromatic rings. The average Bonchev–Trinajstić information content (AvgIpc) is 1.87. The first-order chi connectivity index (χ1) is 3.29. The maximum Gasteiger partial charge on any atom is 0.0230 e. The van der Waals surface area contributed by atoms with Crippen molar-refractivity contribution in [3.8, 4) is 0 Å². The van der Waals surface area contributed by atoms with Gasteiger partial charge in [0.1, 0.15) is 0 Å². The van der Waals surface area contributed by atoms with Crippen molar-refractivity contribution >= 4 is 11.4 Å². The molecule has 1 aliphatic rings. The third-order valence-electron chi connectivity index (χ3n) is 1.16. The van der Waals surface area contributed by atoms with Crippen molar-refractivity contribution in [1.29, 1.82) is 10.8 Å². The molecule has 2 heteroatoms. The Hall–Kier alpha value is -0.660. The molecule has 1 aliphatic carbocycles. The largest absolute Gasteiger partial charge is 0.309 e. The molecule has 0 aromatic carbocycles. The van der Waals surface area contributed by atoms with Gasteiger partial charge in [0, 0.05) is 17.8 Å². The lowest BCUT2D eigenvalue weighted by molar-refractivity contribution is 1.17. The number of nitrogens with one attached hydrogen (secondary N) is 2. The zero-order chi connectivity index (χ0) is 5.28. The monoisotopic (exact) mass is 96.1 g/mol. The number of hydrogen-bond donors (Lipinski definition) is 2. The van der Waals surface area contributed by atoms with Crippen molar-refractivity contribution in [1.82, 2.24) is 0 Å². The first kappa shape index (κ1) is 4.50. The second-order valence-corrected chi connectivity index (χ2v) is 1.88. The van der Waals surface area contributed by atoms with Gasteiger partial charge >= 0.3 is 0 Å². The Kier molecular flexibility index (Phi) is 0.929. The van der Waals surface area contributed by atoms with Crippen molar-refractivity contribution < 1.29 is 0 Å². The SMILES string of the molecule is N=C1CCC(=N)C1. The molecule has 0 radical (unpaired) electrons. The molecule has 38 valence electrons. The topological polar surface area (TPSA) is 47.7 Å². The molecule has 0 spiro atoms. The van der Waals surface area contributed by atoms with Crippen LogP contribution in [0.25, 0.3) is 0 Å². The minimum Gasteiger partial charge on any atom is -0.309 e. The van der Waals surface area contributed by atoms with Gasteiger partial charge in [-0.15, -0.1) is 0 Å². The summed E-state index contributed by atoms with van der Waals surface area (Å²) in [6.07, 6.45) is 2.30. The van der Waals surface area contributed by atoms with Gasteiger partial charge in [-0.05, 0) is 12.8 Å². The summed E-state index contributed by atoms with van der Waals surface area (Å²) in [4.78, 5) is 0. The molecule has 2 N–H and O–H groups in total. The summed E-state index contributed by atoms with van der Waals surface area (Å²) in [5, 5.41) is 14.1. The van der Waals surface area contributed by atoms with Crippen LogP contribution in [0.15, 0.2) is 0 Å². The average molecular weight is 96.1 g/mol. The summed E-state index contributed by atoms with van der Waals surface area (Å²) in [5.74, 6) is 0. The standard InChI is InChI=1S/C5H8N2/c6-4-1-2-5(7)3-4/h6-7H,1-3H2. The van der Waals surface area contributed by atoms with E-state index in [-0.39, 0.29) is 0 Å². The zero-order valence-electron chi connectivity index (χ0n) is 4.12. The zero-order valence-corrected chi connectivity index (χ0v) is 4.12. The second-order valence-electron chi connectivity index (χ2n) is 1.88. The van der Waals surface area contributed by atoms with E-state index in [0.29, 0.717) is 6.42 Å². The van der Waals surface area contributed by atoms with Crippen LogP contribution in [-0.2, 0) is 0 Å². The Morgan fingerprint density at radius 1 is 1.00 bits per heavy atom. The van der Waals surface area contributed by atoms with E-state index in [1.54, 1.807) is 0 Å². The summed E-state index contributed by atoms with van der Waals surface area (Å²) in [6.45, 7) is 0. The van der Waals surface area contributed by atoms with Crippen LogP contribution < -0.4 is 0 Å². The molecule has 0 unspecified atom stereocenters. The van der Waals surface area contributed by atoms with Gasteiger partial charge in [0.15, 0.2) is 0 Å². The summed E-state index contributed by atoms with van der Waals surface area (Å²) in [6, 6.07) is 0. The molecule has 0 saturated heterocycles. The van der Waals surface area contributed by atoms with E-state index >= 15 is 0 Å². The summed E-state index contributed by atoms with van der Waals surface area (Å²) < 4.78 is 0. The predicted molar refractivity (Wildman–Crippen MR) is 29.3 cm³/mol. The second kappa shape index (κ2) is 1.45. The van der Waals surface area contributed by atoms with Gasteiger partial charge in [0.2, 0.25) is 0 Å². The van der Waals surface area contributed by atoms with Crippen LogP contribution in [0.2, 0.25) is 0 Å². The van der Waals surface area contributed by atoms with Crippen LogP contribution >= 0.6 is 0 Å². The van der Waals surface area contributed by atoms with Gasteiger partial charge in [-0.2, -0.15) is 0 Å². The van der Waals surface area contributed by atoms with E-state index in [1.165, 1.54) is 0 Å². The van der Waals surface area contributed by atoms with Crippen LogP contribution in [0.3, 0.4) is 0 Å². The van der Waals surface area contributed by atoms with Crippen LogP contribution in [-0.4, -0.2) is 11.4 Å². The first-order valence-electron chi connectivity index (χ1n) is 2.41. The third-order valence-corrected chi connectivity index (χ3v) is 1.16. The highest BCUT2D eigenvalue weighted by atomic mass is 14.5. The van der Waals surface area contributed by atoms with Crippen molar-refractivity contribution in [3.05, 3.63) is 0 Å². The number of hydrogen-bond acceptors (Lipinski definition) is 2. The van der Waals surface area contributed by atoms with Gasteiger partial charge in [-0.25, -0.2) is 0 Å². The lowest BCUT2D eigenvalue weighted by Gasteiger charge is -1.79. The van der Waals surface area contributed by atoms with E-state index in [0.717, 1.165) is 24.3 Å². The molecule has 1 rings (SSSR count). The Labute approximate surface area is 42.6 Å². The van der Waals surface area contributed by atoms with E-state index in [1.807, 2.05) is 0 Å². The predicted octanol–water partition coefficient (Wildman–Crippen LogP) is 1.21. The molecule has 0 bridgehead atoms. The van der Waals surface area contributed by atoms with Crippen molar-refractivity contribution in [2.45, 2.75) is 19.3 Å². The van der Waals surface area contributed by atoms with Gasteiger partial charge < -0.3 is 10.8 Å². The molecule has 7 heavy (non-hydrogen) atoms. The molecule has 0 heterocycles. The molecule has 0 aromatic heterocycles. The molecule has 0 atom stereocenters. The van der Waals surface area contributed by atoms with E-state index in [9.17, 15) is 0 Å². The van der Waals surface area contributed by atoms with E-state index < -0.39 is 0 Å². The fourth-order valence-corrected chi connectivity index (χ4v) is 0.736. The summed E-state index contributed by atoms with van der Waals surface area (Å²) >= 11 is 0. The minimum absolute atomic E-state index is 0.639. The van der Waals surface area contributed by atoms with Crippen LogP contribution in [0.1, 0.15) is 19.3 Å². The normalized spacial score (nSPS) is 21.1. The third kappa shape index (κ3) is 0.856. The van der Waals surface area contributed by atoms with Crippen LogP contribution in [0, 0.1) is 10.8 Å². The summed E-state index contributed by atoms with van der Waals surface area (Å²) in [5.41, 5.74) is 1.45. The molecular weight excluding hydrogens is 88.1 g/mol. The van der Waals surface area contributed by atoms with Crippen molar-refractivity contribution in [2.24, 2.45) is 0 Å². The van der Waals surface area contributed by atoms with Gasteiger partial charge in [0.05, 0.1) is 0 Å². The Bertz CT molecular complexity index is 101. The minimum atomic E-state index is 0.639. The fraction of sp³-hybridized carbons (Fsp3) is 0.600. The van der Waals surface area contributed by atoms with Crippen LogP contribution in [0.5, 0.6) is 0 Å². The Morgan fingerprint density at radius 3 is 1.57 bits per heavy atom. The highest BCUT2D eigenvalue weighted by Crippen LogP contribution is 2.08. The Balaban J connectivity index is 2.55. The molecule has 0 aliphatic heterocycles. The number of rotatable bonds is 0. The van der Waals surface area contributed by atoms with Gasteiger partial charge in [-0.1, -0.05) is 0 Å². The quantitative estimate of drug-likeness (QED) is 0.455.